The molecule has 2 N–H and O–H groups in total. The molecule has 0 spiro atoms. The summed E-state index contributed by atoms with van der Waals surface area (Å²) in [5.41, 5.74) is -0.749. The molecule has 1 aliphatic heterocycles. The molecule has 2 atom stereocenters. The highest BCUT2D eigenvalue weighted by Gasteiger charge is 2.55. The van der Waals surface area contributed by atoms with Crippen molar-refractivity contribution < 1.29 is 37.5 Å². The van der Waals surface area contributed by atoms with E-state index in [0.29, 0.717) is 12.8 Å². The monoisotopic (exact) mass is 600 g/mol. The highest BCUT2D eigenvalue weighted by Crippen LogP contribution is 2.51. The lowest BCUT2D eigenvalue weighted by molar-refractivity contribution is -0.120. The molecule has 1 heterocycles. The molecule has 43 heavy (non-hydrogen) atoms. The van der Waals surface area contributed by atoms with Gasteiger partial charge in [-0.15, -0.1) is 0 Å². The first-order valence-corrected chi connectivity index (χ1v) is 14.7. The maximum absolute atomic E-state index is 13.9. The van der Waals surface area contributed by atoms with Gasteiger partial charge in [-0.2, -0.15) is 0 Å². The lowest BCUT2D eigenvalue weighted by Crippen LogP contribution is -2.53. The third-order valence-corrected chi connectivity index (χ3v) is 8.40. The molecular weight excluding hydrogens is 557 g/mol. The number of hydrogen-bond donors (Lipinski definition) is 2. The number of carbonyl (C=O) groups excluding carboxylic acids is 2. The van der Waals surface area contributed by atoms with Gasteiger partial charge in [-0.3, -0.25) is 9.69 Å². The Morgan fingerprint density at radius 2 is 1.63 bits per heavy atom. The van der Waals surface area contributed by atoms with Gasteiger partial charge in [0.05, 0.1) is 35.4 Å². The molecule has 2 aromatic rings. The molecule has 4 rings (SSSR count). The van der Waals surface area contributed by atoms with Crippen molar-refractivity contribution in [2.75, 3.05) is 6.54 Å². The van der Waals surface area contributed by atoms with Gasteiger partial charge in [0.2, 0.25) is 5.91 Å². The Morgan fingerprint density at radius 1 is 1.05 bits per heavy atom. The van der Waals surface area contributed by atoms with Crippen molar-refractivity contribution in [2.24, 2.45) is 0 Å². The van der Waals surface area contributed by atoms with Crippen LogP contribution in [0.2, 0.25) is 0 Å². The predicted octanol–water partition coefficient (Wildman–Crippen LogP) is 4.60. The first-order chi connectivity index (χ1) is 19.8. The Hall–Kier alpha value is -3.02. The van der Waals surface area contributed by atoms with Crippen LogP contribution in [0.1, 0.15) is 79.4 Å². The van der Waals surface area contributed by atoms with Crippen molar-refractivity contribution in [1.82, 2.24) is 10.2 Å². The number of nitrogens with zero attached hydrogens (tertiary/aromatic N) is 1. The van der Waals surface area contributed by atoms with E-state index in [1.54, 1.807) is 20.8 Å². The van der Waals surface area contributed by atoms with Crippen molar-refractivity contribution in [1.29, 1.82) is 0 Å². The van der Waals surface area contributed by atoms with Crippen LogP contribution < -0.4 is 10.8 Å². The van der Waals surface area contributed by atoms with Crippen molar-refractivity contribution in [3.63, 3.8) is 0 Å². The molecule has 2 amide bonds. The van der Waals surface area contributed by atoms with Crippen LogP contribution in [-0.2, 0) is 30.8 Å². The summed E-state index contributed by atoms with van der Waals surface area (Å²) in [6.45, 7) is 14.3. The van der Waals surface area contributed by atoms with Crippen LogP contribution in [0.25, 0.3) is 0 Å². The second kappa shape index (κ2) is 11.8. The second-order valence-electron chi connectivity index (χ2n) is 13.7. The number of carbonyl (C=O) groups is 2. The lowest BCUT2D eigenvalue weighted by Gasteiger charge is -2.37. The fourth-order valence-electron chi connectivity index (χ4n) is 5.37. The quantitative estimate of drug-likeness (QED) is 0.409. The zero-order valence-corrected chi connectivity index (χ0v) is 26.3. The van der Waals surface area contributed by atoms with E-state index in [0.717, 1.165) is 29.2 Å². The maximum Gasteiger partial charge on any atom is 0.494 e. The first-order valence-electron chi connectivity index (χ1n) is 14.7. The molecule has 2 aromatic carbocycles. The molecule has 8 nitrogen and oxygen atoms in total. The average molecular weight is 601 g/mol. The van der Waals surface area contributed by atoms with Gasteiger partial charge in [-0.25, -0.2) is 13.6 Å². The Balaban J connectivity index is 1.65. The minimum atomic E-state index is -1.29. The zero-order chi connectivity index (χ0) is 32.0. The number of amides is 2. The molecule has 234 valence electrons. The second-order valence-corrected chi connectivity index (χ2v) is 13.7. The van der Waals surface area contributed by atoms with Gasteiger partial charge in [-0.05, 0) is 96.5 Å². The van der Waals surface area contributed by atoms with Crippen LogP contribution >= 0.6 is 0 Å². The number of hydrogen-bond acceptors (Lipinski definition) is 6. The van der Waals surface area contributed by atoms with Crippen LogP contribution in [-0.4, -0.2) is 64.6 Å². The van der Waals surface area contributed by atoms with Gasteiger partial charge in [0, 0.05) is 13.0 Å². The Morgan fingerprint density at radius 3 is 2.14 bits per heavy atom. The summed E-state index contributed by atoms with van der Waals surface area (Å²) in [7, 11) is -0.600. The van der Waals surface area contributed by atoms with E-state index in [1.165, 1.54) is 11.8 Å². The predicted molar refractivity (Wildman–Crippen MR) is 160 cm³/mol. The van der Waals surface area contributed by atoms with Gasteiger partial charge in [0.25, 0.3) is 0 Å². The topological polar surface area (TPSA) is 97.3 Å². The standard InChI is InChI=1S/C32H43BF2N2O6/c1-20(38)36-26(16-21-14-24(34)18-25(35)15-21)27(39)19-37(28(40)41-29(2,3)4)32(12-13-32)22-10-9-11-23(17-22)33-42-30(5,6)31(7,8)43-33/h9-11,14-15,17-18,26-27,39H,12-13,16,19H2,1-8H3,(H,36,38)/t26-,27+/m0/s1. The number of aliphatic hydroxyl groups is 1. The lowest BCUT2D eigenvalue weighted by atomic mass is 9.77. The molecular formula is C32H43BF2N2O6. The van der Waals surface area contributed by atoms with Crippen molar-refractivity contribution in [3.8, 4) is 0 Å². The van der Waals surface area contributed by atoms with Gasteiger partial charge in [0.1, 0.15) is 17.2 Å². The van der Waals surface area contributed by atoms with Gasteiger partial charge in [0.15, 0.2) is 0 Å². The van der Waals surface area contributed by atoms with Gasteiger partial charge in [-0.1, -0.05) is 24.3 Å². The fraction of sp³-hybridized carbons (Fsp3) is 0.562. The number of nitrogens with one attached hydrogen (secondary N) is 1. The molecule has 2 fully saturated rings. The normalized spacial score (nSPS) is 19.8. The Bertz CT molecular complexity index is 1320. The Kier molecular flexibility index (Phi) is 9.04. The number of benzene rings is 2. The van der Waals surface area contributed by atoms with E-state index >= 15 is 0 Å². The van der Waals surface area contributed by atoms with E-state index in [-0.39, 0.29) is 18.5 Å². The maximum atomic E-state index is 13.9. The van der Waals surface area contributed by atoms with E-state index in [4.69, 9.17) is 14.0 Å². The molecule has 0 aromatic heterocycles. The third-order valence-electron chi connectivity index (χ3n) is 8.40. The minimum absolute atomic E-state index is 0.0536. The molecule has 2 aliphatic rings. The summed E-state index contributed by atoms with van der Waals surface area (Å²) >= 11 is 0. The minimum Gasteiger partial charge on any atom is -0.444 e. The van der Waals surface area contributed by atoms with E-state index in [2.05, 4.69) is 5.32 Å². The van der Waals surface area contributed by atoms with Crippen LogP contribution in [0.4, 0.5) is 13.6 Å². The summed E-state index contributed by atoms with van der Waals surface area (Å²) in [4.78, 5) is 27.3. The average Bonchev–Trinajstić information content (AvgIpc) is 3.62. The first kappa shape index (κ1) is 32.9. The summed E-state index contributed by atoms with van der Waals surface area (Å²) < 4.78 is 46.1. The summed E-state index contributed by atoms with van der Waals surface area (Å²) in [6, 6.07) is 9.81. The largest absolute Gasteiger partial charge is 0.494 e. The molecule has 0 radical (unpaired) electrons. The highest BCUT2D eigenvalue weighted by molar-refractivity contribution is 6.62. The van der Waals surface area contributed by atoms with Crippen LogP contribution in [0, 0.1) is 11.6 Å². The number of halogens is 2. The van der Waals surface area contributed by atoms with E-state index in [9.17, 15) is 23.5 Å². The number of rotatable bonds is 9. The van der Waals surface area contributed by atoms with Crippen molar-refractivity contribution >= 4 is 24.6 Å². The molecule has 1 saturated heterocycles. The fourth-order valence-corrected chi connectivity index (χ4v) is 5.37. The molecule has 1 aliphatic carbocycles. The molecule has 0 bridgehead atoms. The van der Waals surface area contributed by atoms with Gasteiger partial charge >= 0.3 is 13.2 Å². The van der Waals surface area contributed by atoms with Crippen molar-refractivity contribution in [3.05, 3.63) is 65.2 Å². The van der Waals surface area contributed by atoms with E-state index < -0.39 is 65.2 Å². The smallest absolute Gasteiger partial charge is 0.444 e. The summed E-state index contributed by atoms with van der Waals surface area (Å²) in [6.07, 6.45) is -0.727. The van der Waals surface area contributed by atoms with Crippen LogP contribution in [0.5, 0.6) is 0 Å². The molecule has 11 heteroatoms. The third kappa shape index (κ3) is 7.56. The molecule has 0 unspecified atom stereocenters. The summed E-state index contributed by atoms with van der Waals surface area (Å²) in [5, 5.41) is 14.2. The van der Waals surface area contributed by atoms with Crippen LogP contribution in [0.15, 0.2) is 42.5 Å². The van der Waals surface area contributed by atoms with Crippen LogP contribution in [0.3, 0.4) is 0 Å². The number of ether oxygens (including phenoxy) is 1. The Labute approximate surface area is 253 Å². The zero-order valence-electron chi connectivity index (χ0n) is 26.3. The SMILES string of the molecule is CC(=O)N[C@@H](Cc1cc(F)cc(F)c1)[C@H](O)CN(C(=O)OC(C)(C)C)C1(c2cccc(B3OC(C)(C)C(C)(C)O3)c2)CC1. The number of aliphatic hydroxyl groups excluding tert-OH is 1. The summed E-state index contributed by atoms with van der Waals surface area (Å²) in [5.74, 6) is -1.96. The van der Waals surface area contributed by atoms with Crippen molar-refractivity contribution in [2.45, 2.75) is 109 Å². The molecule has 1 saturated carbocycles. The highest BCUT2D eigenvalue weighted by atomic mass is 19.1. The van der Waals surface area contributed by atoms with Gasteiger partial charge < -0.3 is 24.5 Å². The van der Waals surface area contributed by atoms with E-state index in [1.807, 2.05) is 52.0 Å².